The third-order valence-electron chi connectivity index (χ3n) is 3.39. The number of hydrogen-bond acceptors (Lipinski definition) is 1. The smallest absolute Gasteiger partial charge is 0.254 e. The zero-order valence-corrected chi connectivity index (χ0v) is 11.3. The van der Waals surface area contributed by atoms with Gasteiger partial charge in [0.2, 0.25) is 0 Å². The molecule has 92 valence electrons. The van der Waals surface area contributed by atoms with Gasteiger partial charge in [-0.15, -0.1) is 0 Å². The second-order valence-electron chi connectivity index (χ2n) is 4.58. The molecule has 1 saturated carbocycles. The third kappa shape index (κ3) is 2.86. The van der Waals surface area contributed by atoms with E-state index in [0.29, 0.717) is 10.4 Å². The lowest BCUT2D eigenvalue weighted by Gasteiger charge is -2.31. The van der Waals surface area contributed by atoms with E-state index in [9.17, 15) is 9.18 Å². The van der Waals surface area contributed by atoms with E-state index in [2.05, 4.69) is 21.2 Å². The highest BCUT2D eigenvalue weighted by molar-refractivity contribution is 9.10. The van der Waals surface area contributed by atoms with Crippen LogP contribution >= 0.6 is 15.9 Å². The van der Waals surface area contributed by atoms with Crippen LogP contribution < -0.4 is 5.32 Å². The van der Waals surface area contributed by atoms with Crippen LogP contribution in [0.3, 0.4) is 0 Å². The molecule has 0 heterocycles. The monoisotopic (exact) mass is 299 g/mol. The predicted molar refractivity (Wildman–Crippen MR) is 68.4 cm³/mol. The molecule has 1 aromatic rings. The number of carbonyl (C=O) groups excluding carboxylic acids is 1. The molecule has 1 fully saturated rings. The van der Waals surface area contributed by atoms with Gasteiger partial charge in [-0.2, -0.15) is 0 Å². The van der Waals surface area contributed by atoms with Crippen LogP contribution in [0.25, 0.3) is 0 Å². The van der Waals surface area contributed by atoms with Crippen LogP contribution in [0.5, 0.6) is 0 Å². The molecule has 1 N–H and O–H groups in total. The van der Waals surface area contributed by atoms with Gasteiger partial charge >= 0.3 is 0 Å². The molecule has 0 spiro atoms. The summed E-state index contributed by atoms with van der Waals surface area (Å²) in [6.45, 7) is 1.98. The normalized spacial score (nSPS) is 17.4. The van der Waals surface area contributed by atoms with Crippen molar-refractivity contribution in [3.05, 3.63) is 34.1 Å². The van der Waals surface area contributed by atoms with Crippen molar-refractivity contribution in [1.82, 2.24) is 5.32 Å². The minimum atomic E-state index is -0.480. The first kappa shape index (κ1) is 12.6. The zero-order valence-electron chi connectivity index (χ0n) is 9.67. The number of benzene rings is 1. The molecule has 0 saturated heterocycles. The Morgan fingerprint density at radius 1 is 1.53 bits per heavy atom. The van der Waals surface area contributed by atoms with Gasteiger partial charge in [0.1, 0.15) is 5.82 Å². The van der Waals surface area contributed by atoms with Crippen molar-refractivity contribution in [1.29, 1.82) is 0 Å². The van der Waals surface area contributed by atoms with Crippen LogP contribution in [0.1, 0.15) is 36.5 Å². The van der Waals surface area contributed by atoms with E-state index in [0.717, 1.165) is 12.8 Å². The van der Waals surface area contributed by atoms with Crippen LogP contribution in [0.4, 0.5) is 4.39 Å². The molecule has 2 nitrogen and oxygen atoms in total. The maximum atomic E-state index is 13.5. The summed E-state index contributed by atoms with van der Waals surface area (Å²) >= 11 is 3.24. The fourth-order valence-electron chi connectivity index (χ4n) is 2.01. The highest BCUT2D eigenvalue weighted by Crippen LogP contribution is 2.29. The lowest BCUT2D eigenvalue weighted by atomic mass is 9.80. The summed E-state index contributed by atoms with van der Waals surface area (Å²) in [5.41, 5.74) is 0.102. The van der Waals surface area contributed by atoms with E-state index in [1.807, 2.05) is 6.92 Å². The summed E-state index contributed by atoms with van der Waals surface area (Å²) in [5.74, 6) is -0.260. The summed E-state index contributed by atoms with van der Waals surface area (Å²) in [6.07, 6.45) is 3.54. The largest absolute Gasteiger partial charge is 0.349 e. The fourth-order valence-corrected chi connectivity index (χ4v) is 2.37. The van der Waals surface area contributed by atoms with Gasteiger partial charge in [-0.25, -0.2) is 4.39 Å². The highest BCUT2D eigenvalue weighted by Gasteiger charge is 2.25. The maximum absolute atomic E-state index is 13.5. The number of hydrogen-bond donors (Lipinski definition) is 1. The summed E-state index contributed by atoms with van der Waals surface area (Å²) in [7, 11) is 0. The molecule has 0 aromatic heterocycles. The first-order valence-electron chi connectivity index (χ1n) is 5.84. The first-order chi connectivity index (χ1) is 8.08. The van der Waals surface area contributed by atoms with Gasteiger partial charge in [-0.3, -0.25) is 4.79 Å². The Kier molecular flexibility index (Phi) is 3.82. The van der Waals surface area contributed by atoms with Crippen LogP contribution in [0, 0.1) is 11.7 Å². The molecule has 2 rings (SSSR count). The first-order valence-corrected chi connectivity index (χ1v) is 6.63. The van der Waals surface area contributed by atoms with Crippen LogP contribution in [0.2, 0.25) is 0 Å². The molecule has 4 heteroatoms. The van der Waals surface area contributed by atoms with Crippen molar-refractivity contribution in [3.8, 4) is 0 Å². The molecule has 1 atom stereocenters. The molecular weight excluding hydrogens is 285 g/mol. The van der Waals surface area contributed by atoms with Crippen LogP contribution in [0.15, 0.2) is 22.7 Å². The molecule has 17 heavy (non-hydrogen) atoms. The Morgan fingerprint density at radius 2 is 2.24 bits per heavy atom. The van der Waals surface area contributed by atoms with E-state index in [1.165, 1.54) is 18.6 Å². The fraction of sp³-hybridized carbons (Fsp3) is 0.462. The summed E-state index contributed by atoms with van der Waals surface area (Å²) < 4.78 is 14.2. The van der Waals surface area contributed by atoms with Crippen molar-refractivity contribution < 1.29 is 9.18 Å². The molecule has 1 amide bonds. The average Bonchev–Trinajstić information content (AvgIpc) is 2.18. The summed E-state index contributed by atoms with van der Waals surface area (Å²) in [4.78, 5) is 11.9. The van der Waals surface area contributed by atoms with Crippen molar-refractivity contribution in [2.75, 3.05) is 0 Å². The van der Waals surface area contributed by atoms with Gasteiger partial charge in [-0.05, 0) is 43.9 Å². The average molecular weight is 300 g/mol. The molecule has 1 aromatic carbocycles. The maximum Gasteiger partial charge on any atom is 0.254 e. The van der Waals surface area contributed by atoms with Gasteiger partial charge in [0.25, 0.3) is 5.91 Å². The minimum Gasteiger partial charge on any atom is -0.349 e. The Balaban J connectivity index is 2.05. The van der Waals surface area contributed by atoms with Crippen molar-refractivity contribution in [2.45, 2.75) is 32.2 Å². The molecule has 0 aliphatic heterocycles. The Morgan fingerprint density at radius 3 is 2.82 bits per heavy atom. The molecule has 1 aliphatic carbocycles. The van der Waals surface area contributed by atoms with Gasteiger partial charge in [0.05, 0.1) is 5.56 Å². The van der Waals surface area contributed by atoms with Gasteiger partial charge in [0.15, 0.2) is 0 Å². The second kappa shape index (κ2) is 5.17. The number of halogens is 2. The van der Waals surface area contributed by atoms with Gasteiger partial charge in [-0.1, -0.05) is 22.4 Å². The molecular formula is C13H15BrFNO. The van der Waals surface area contributed by atoms with Gasteiger partial charge < -0.3 is 5.32 Å². The van der Waals surface area contributed by atoms with E-state index in [4.69, 9.17) is 0 Å². The zero-order chi connectivity index (χ0) is 12.4. The molecule has 0 bridgehead atoms. The summed E-state index contributed by atoms with van der Waals surface area (Å²) in [5, 5.41) is 2.87. The van der Waals surface area contributed by atoms with Crippen molar-refractivity contribution in [3.63, 3.8) is 0 Å². The summed E-state index contributed by atoms with van der Waals surface area (Å²) in [6, 6.07) is 4.52. The van der Waals surface area contributed by atoms with E-state index < -0.39 is 5.82 Å². The van der Waals surface area contributed by atoms with E-state index in [1.54, 1.807) is 6.07 Å². The molecule has 0 radical (unpaired) electrons. The SMILES string of the molecule is CC(NC(=O)c1cc(Br)ccc1F)C1CCC1. The highest BCUT2D eigenvalue weighted by atomic mass is 79.9. The molecule has 1 unspecified atom stereocenters. The molecule has 1 aliphatic rings. The van der Waals surface area contributed by atoms with E-state index >= 15 is 0 Å². The van der Waals surface area contributed by atoms with Crippen molar-refractivity contribution in [2.24, 2.45) is 5.92 Å². The van der Waals surface area contributed by atoms with Gasteiger partial charge in [0, 0.05) is 10.5 Å². The van der Waals surface area contributed by atoms with Crippen LogP contribution in [-0.4, -0.2) is 11.9 Å². The predicted octanol–water partition coefficient (Wildman–Crippen LogP) is 3.51. The quantitative estimate of drug-likeness (QED) is 0.909. The number of rotatable bonds is 3. The lowest BCUT2D eigenvalue weighted by Crippen LogP contribution is -2.40. The van der Waals surface area contributed by atoms with E-state index in [-0.39, 0.29) is 17.5 Å². The topological polar surface area (TPSA) is 29.1 Å². The standard InChI is InChI=1S/C13H15BrFNO/c1-8(9-3-2-4-9)16-13(17)11-7-10(14)5-6-12(11)15/h5-9H,2-4H2,1H3,(H,16,17). The number of amides is 1. The Labute approximate surface area is 109 Å². The third-order valence-corrected chi connectivity index (χ3v) is 3.88. The second-order valence-corrected chi connectivity index (χ2v) is 5.49. The lowest BCUT2D eigenvalue weighted by molar-refractivity contribution is 0.0905. The van der Waals surface area contributed by atoms with Crippen molar-refractivity contribution >= 4 is 21.8 Å². The minimum absolute atomic E-state index is 0.102. The number of nitrogens with one attached hydrogen (secondary N) is 1. The van der Waals surface area contributed by atoms with Crippen LogP contribution in [-0.2, 0) is 0 Å². The Hall–Kier alpha value is -0.900. The Bertz CT molecular complexity index is 431. The number of carbonyl (C=O) groups is 1.